The van der Waals surface area contributed by atoms with E-state index >= 15 is 0 Å². The molecule has 9 heavy (non-hydrogen) atoms. The molecular weight excluding hydrogens is 126 g/mol. The lowest BCUT2D eigenvalue weighted by Gasteiger charge is -1.83. The van der Waals surface area contributed by atoms with Gasteiger partial charge < -0.3 is 10.5 Å². The van der Waals surface area contributed by atoms with Gasteiger partial charge in [-0.15, -0.1) is 0 Å². The molecular formula is C3H5N3O3. The van der Waals surface area contributed by atoms with Crippen LogP contribution >= 0.6 is 0 Å². The van der Waals surface area contributed by atoms with Gasteiger partial charge in [0.15, 0.2) is 0 Å². The summed E-state index contributed by atoms with van der Waals surface area (Å²) in [6, 6.07) is -1.03. The molecule has 0 spiro atoms. The normalized spacial score (nSPS) is 9.44. The monoisotopic (exact) mass is 131 g/mol. The summed E-state index contributed by atoms with van der Waals surface area (Å²) in [5, 5.41) is 5.42. The minimum atomic E-state index is -1.03. The number of nitrogens with zero attached hydrogens (tertiary/aromatic N) is 2. The lowest BCUT2D eigenvalue weighted by molar-refractivity contribution is 0.180. The van der Waals surface area contributed by atoms with Crippen LogP contribution in [0.25, 0.3) is 0 Å². The number of methoxy groups -OCH3 is 1. The molecule has 0 unspecified atom stereocenters. The van der Waals surface area contributed by atoms with Gasteiger partial charge in [-0.05, 0) is 0 Å². The number of hydrogen-bond donors (Lipinski definition) is 1. The third-order valence-electron chi connectivity index (χ3n) is 0.405. The first-order chi connectivity index (χ1) is 4.16. The second kappa shape index (κ2) is 3.53. The number of rotatable bonds is 0. The van der Waals surface area contributed by atoms with Crippen LogP contribution in [-0.4, -0.2) is 19.2 Å². The lowest BCUT2D eigenvalue weighted by atomic mass is 11.1. The maximum Gasteiger partial charge on any atom is 0.452 e. The van der Waals surface area contributed by atoms with Crippen LogP contribution < -0.4 is 5.73 Å². The van der Waals surface area contributed by atoms with E-state index in [1.165, 1.54) is 0 Å². The minimum Gasteiger partial charge on any atom is -0.450 e. The highest BCUT2D eigenvalue weighted by atomic mass is 16.5. The van der Waals surface area contributed by atoms with Crippen LogP contribution in [0.1, 0.15) is 0 Å². The Kier molecular flexibility index (Phi) is 2.96. The highest BCUT2D eigenvalue weighted by Gasteiger charge is 1.93. The van der Waals surface area contributed by atoms with Crippen molar-refractivity contribution < 1.29 is 14.3 Å². The molecule has 0 saturated heterocycles. The maximum absolute atomic E-state index is 10.0. The molecule has 0 heterocycles. The molecule has 0 fully saturated rings. The summed E-state index contributed by atoms with van der Waals surface area (Å²) in [5.74, 6) is 0. The largest absolute Gasteiger partial charge is 0.452 e. The lowest BCUT2D eigenvalue weighted by Crippen LogP contribution is -2.03. The van der Waals surface area contributed by atoms with Gasteiger partial charge in [0.25, 0.3) is 0 Å². The first-order valence-electron chi connectivity index (χ1n) is 1.96. The predicted octanol–water partition coefficient (Wildman–Crippen LogP) is 0.284. The van der Waals surface area contributed by atoms with Crippen LogP contribution in [0, 0.1) is 0 Å². The first kappa shape index (κ1) is 7.54. The fourth-order valence-corrected chi connectivity index (χ4v) is 0.131. The van der Waals surface area contributed by atoms with Gasteiger partial charge in [0, 0.05) is 0 Å². The average molecular weight is 131 g/mol. The Bertz CT molecular complexity index is 152. The number of azo groups is 1. The first-order valence-corrected chi connectivity index (χ1v) is 1.96. The zero-order chi connectivity index (χ0) is 7.28. The Morgan fingerprint density at radius 1 is 1.44 bits per heavy atom. The number of carbonyl (C=O) groups is 2. The summed E-state index contributed by atoms with van der Waals surface area (Å²) >= 11 is 0. The second-order valence-corrected chi connectivity index (χ2v) is 1.01. The van der Waals surface area contributed by atoms with Gasteiger partial charge in [-0.25, -0.2) is 9.59 Å². The Labute approximate surface area is 50.7 Å². The highest BCUT2D eigenvalue weighted by Crippen LogP contribution is 1.80. The number of nitrogens with two attached hydrogens (primary N) is 1. The molecule has 0 aliphatic heterocycles. The molecule has 0 aliphatic carbocycles. The van der Waals surface area contributed by atoms with Crippen LogP contribution in [0.2, 0.25) is 0 Å². The van der Waals surface area contributed by atoms with Crippen LogP contribution in [0.5, 0.6) is 0 Å². The third kappa shape index (κ3) is 4.39. The molecule has 0 aliphatic rings. The Balaban J connectivity index is 3.71. The second-order valence-electron chi connectivity index (χ2n) is 1.01. The quantitative estimate of drug-likeness (QED) is 0.478. The average Bonchev–Trinajstić information content (AvgIpc) is 1.83. The van der Waals surface area contributed by atoms with Crippen molar-refractivity contribution in [2.45, 2.75) is 0 Å². The van der Waals surface area contributed by atoms with Crippen molar-refractivity contribution in [3.63, 3.8) is 0 Å². The van der Waals surface area contributed by atoms with Gasteiger partial charge in [0.2, 0.25) is 0 Å². The third-order valence-corrected chi connectivity index (χ3v) is 0.405. The Morgan fingerprint density at radius 2 is 2.00 bits per heavy atom. The van der Waals surface area contributed by atoms with E-state index in [2.05, 4.69) is 20.7 Å². The van der Waals surface area contributed by atoms with Gasteiger partial charge in [-0.3, -0.25) is 0 Å². The van der Waals surface area contributed by atoms with E-state index in [9.17, 15) is 9.59 Å². The van der Waals surface area contributed by atoms with Gasteiger partial charge in [0.05, 0.1) is 7.11 Å². The molecule has 0 bridgehead atoms. The van der Waals surface area contributed by atoms with Crippen molar-refractivity contribution in [3.8, 4) is 0 Å². The van der Waals surface area contributed by atoms with E-state index in [1.54, 1.807) is 0 Å². The molecule has 0 aromatic heterocycles. The van der Waals surface area contributed by atoms with E-state index in [0.717, 1.165) is 7.11 Å². The molecule has 50 valence electrons. The summed E-state index contributed by atoms with van der Waals surface area (Å²) in [6.45, 7) is 0. The predicted molar refractivity (Wildman–Crippen MR) is 26.8 cm³/mol. The van der Waals surface area contributed by atoms with Crippen LogP contribution in [-0.2, 0) is 4.74 Å². The summed E-state index contributed by atoms with van der Waals surface area (Å²) in [7, 11) is 1.11. The maximum atomic E-state index is 10.0. The fraction of sp³-hybridized carbons (Fsp3) is 0.333. The molecule has 3 amide bonds. The number of hydrogen-bond acceptors (Lipinski definition) is 3. The minimum absolute atomic E-state index is 0.950. The smallest absolute Gasteiger partial charge is 0.450 e. The summed E-state index contributed by atoms with van der Waals surface area (Å²) in [5.41, 5.74) is 4.49. The topological polar surface area (TPSA) is 94.1 Å². The number of primary amides is 1. The zero-order valence-corrected chi connectivity index (χ0v) is 4.70. The molecule has 0 radical (unpaired) electrons. The number of amides is 3. The summed E-state index contributed by atoms with van der Waals surface area (Å²) in [6.07, 6.45) is -0.950. The van der Waals surface area contributed by atoms with E-state index in [-0.39, 0.29) is 0 Å². The molecule has 6 nitrogen and oxygen atoms in total. The molecule has 6 heteroatoms. The molecule has 0 atom stereocenters. The van der Waals surface area contributed by atoms with Crippen molar-refractivity contribution in [1.82, 2.24) is 0 Å². The van der Waals surface area contributed by atoms with Gasteiger partial charge >= 0.3 is 12.1 Å². The summed E-state index contributed by atoms with van der Waals surface area (Å²) in [4.78, 5) is 19.8. The van der Waals surface area contributed by atoms with Gasteiger partial charge in [-0.2, -0.15) is 0 Å². The Morgan fingerprint density at radius 3 is 2.33 bits per heavy atom. The number of urea groups is 1. The van der Waals surface area contributed by atoms with E-state index in [1.807, 2.05) is 0 Å². The van der Waals surface area contributed by atoms with Crippen LogP contribution in [0.4, 0.5) is 9.59 Å². The van der Waals surface area contributed by atoms with Crippen molar-refractivity contribution in [2.75, 3.05) is 7.11 Å². The fourth-order valence-electron chi connectivity index (χ4n) is 0.131. The van der Waals surface area contributed by atoms with Crippen molar-refractivity contribution in [1.29, 1.82) is 0 Å². The van der Waals surface area contributed by atoms with Crippen molar-refractivity contribution in [2.24, 2.45) is 16.0 Å². The molecule has 0 saturated carbocycles. The molecule has 2 N–H and O–H groups in total. The SMILES string of the molecule is COC(=O)/N=N/C(N)=O. The van der Waals surface area contributed by atoms with E-state index in [4.69, 9.17) is 0 Å². The van der Waals surface area contributed by atoms with Gasteiger partial charge in [-0.1, -0.05) is 10.2 Å². The zero-order valence-electron chi connectivity index (χ0n) is 4.70. The van der Waals surface area contributed by atoms with Crippen LogP contribution in [0.3, 0.4) is 0 Å². The molecule has 0 aromatic carbocycles. The van der Waals surface area contributed by atoms with E-state index < -0.39 is 12.1 Å². The number of ether oxygens (including phenoxy) is 1. The summed E-state index contributed by atoms with van der Waals surface area (Å²) < 4.78 is 3.99. The molecule has 0 aromatic rings. The van der Waals surface area contributed by atoms with Gasteiger partial charge in [0.1, 0.15) is 0 Å². The highest BCUT2D eigenvalue weighted by molar-refractivity contribution is 5.75. The van der Waals surface area contributed by atoms with Crippen LogP contribution in [0.15, 0.2) is 10.2 Å². The number of carbonyl (C=O) groups excluding carboxylic acids is 2. The van der Waals surface area contributed by atoms with E-state index in [0.29, 0.717) is 0 Å². The Hall–Kier alpha value is -1.46. The molecule has 0 rings (SSSR count). The standard InChI is InChI=1S/C3H5N3O3/c1-9-3(8)6-5-2(4)7/h1H3,(H2,4,7)/b6-5+. The van der Waals surface area contributed by atoms with Crippen molar-refractivity contribution >= 4 is 12.1 Å². The van der Waals surface area contributed by atoms with Crippen molar-refractivity contribution in [3.05, 3.63) is 0 Å².